The first-order valence-electron chi connectivity index (χ1n) is 9.81. The molecule has 4 aromatic carbocycles. The first kappa shape index (κ1) is 20.1. The Morgan fingerprint density at radius 1 is 0.667 bits per heavy atom. The summed E-state index contributed by atoms with van der Waals surface area (Å²) in [7, 11) is -3.21. The van der Waals surface area contributed by atoms with E-state index in [0.29, 0.717) is 0 Å². The van der Waals surface area contributed by atoms with E-state index in [-0.39, 0.29) is 5.82 Å². The normalized spacial score (nSPS) is 12.3. The van der Waals surface area contributed by atoms with E-state index >= 15 is 4.57 Å². The van der Waals surface area contributed by atoms with Crippen molar-refractivity contribution in [2.24, 2.45) is 0 Å². The Balaban J connectivity index is 2.00. The molecule has 1 atom stereocenters. The van der Waals surface area contributed by atoms with Crippen molar-refractivity contribution in [3.8, 4) is 0 Å². The van der Waals surface area contributed by atoms with Gasteiger partial charge in [-0.2, -0.15) is 0 Å². The van der Waals surface area contributed by atoms with Crippen LogP contribution in [-0.4, -0.2) is 0 Å². The second-order valence-corrected chi connectivity index (χ2v) is 10.0. The molecule has 0 aliphatic rings. The molecule has 0 heterocycles. The molecule has 3 heteroatoms. The summed E-state index contributed by atoms with van der Waals surface area (Å²) in [6.07, 6.45) is 0. The summed E-state index contributed by atoms with van der Waals surface area (Å²) in [4.78, 5) is 0. The molecule has 0 spiro atoms. The van der Waals surface area contributed by atoms with Crippen molar-refractivity contribution in [2.75, 3.05) is 0 Å². The molecule has 148 valence electrons. The molecular weight excluding hydrogens is 390 g/mol. The smallest absolute Gasteiger partial charge is 0.154 e. The van der Waals surface area contributed by atoms with Gasteiger partial charge in [-0.3, -0.25) is 0 Å². The maximum atomic E-state index is 15.1. The summed E-state index contributed by atoms with van der Waals surface area (Å²) in [6.45, 7) is 4.38. The maximum Gasteiger partial charge on any atom is 0.154 e. The van der Waals surface area contributed by atoms with Crippen LogP contribution in [-0.2, 0) is 4.57 Å². The highest BCUT2D eigenvalue weighted by molar-refractivity contribution is 7.79. The molecule has 0 aliphatic carbocycles. The van der Waals surface area contributed by atoms with Crippen molar-refractivity contribution >= 4 is 23.3 Å². The number of hydrogen-bond donors (Lipinski definition) is 0. The average Bonchev–Trinajstić information content (AvgIpc) is 2.82. The number of rotatable bonds is 6. The van der Waals surface area contributed by atoms with Crippen LogP contribution in [0, 0.1) is 5.82 Å². The Kier molecular flexibility index (Phi) is 5.79. The number of allylic oxidation sites excluding steroid dienone is 1. The quantitative estimate of drug-likeness (QED) is 0.326. The van der Waals surface area contributed by atoms with Gasteiger partial charge < -0.3 is 4.57 Å². The molecule has 4 aromatic rings. The first-order chi connectivity index (χ1) is 14.6. The highest BCUT2D eigenvalue weighted by Gasteiger charge is 2.39. The van der Waals surface area contributed by atoms with Gasteiger partial charge in [-0.25, -0.2) is 4.39 Å². The zero-order valence-corrected chi connectivity index (χ0v) is 17.4. The minimum absolute atomic E-state index is 0.322. The van der Waals surface area contributed by atoms with Gasteiger partial charge in [0.05, 0.1) is 5.66 Å². The summed E-state index contributed by atoms with van der Waals surface area (Å²) in [6, 6.07) is 35.1. The van der Waals surface area contributed by atoms with E-state index in [1.807, 2.05) is 91.0 Å². The van der Waals surface area contributed by atoms with Crippen molar-refractivity contribution in [3.63, 3.8) is 0 Å². The van der Waals surface area contributed by atoms with E-state index in [2.05, 4.69) is 6.58 Å². The lowest BCUT2D eigenvalue weighted by Gasteiger charge is -2.31. The molecule has 0 amide bonds. The third kappa shape index (κ3) is 3.79. The molecule has 4 rings (SSSR count). The standard InChI is InChI=1S/C27H22FOP/c1-21(22-11-5-2-6-12-22)27(23-17-19-24(28)20-18-23)30(29,25-13-7-3-8-14-25)26-15-9-4-10-16-26/h2-20,27H,1H2. The van der Waals surface area contributed by atoms with Gasteiger partial charge in [0.2, 0.25) is 0 Å². The van der Waals surface area contributed by atoms with Crippen molar-refractivity contribution in [1.82, 2.24) is 0 Å². The Bertz CT molecular complexity index is 1130. The summed E-state index contributed by atoms with van der Waals surface area (Å²) < 4.78 is 28.8. The topological polar surface area (TPSA) is 17.1 Å². The van der Waals surface area contributed by atoms with Crippen molar-refractivity contribution < 1.29 is 8.96 Å². The second kappa shape index (κ2) is 8.65. The fraction of sp³-hybridized carbons (Fsp3) is 0.0370. The summed E-state index contributed by atoms with van der Waals surface area (Å²) in [5, 5.41) is 1.50. The molecule has 0 radical (unpaired) electrons. The summed E-state index contributed by atoms with van der Waals surface area (Å²) in [5.41, 5.74) is 1.92. The van der Waals surface area contributed by atoms with Crippen LogP contribution in [0.1, 0.15) is 16.8 Å². The highest BCUT2D eigenvalue weighted by Crippen LogP contribution is 2.61. The molecule has 0 aliphatic heterocycles. The lowest BCUT2D eigenvalue weighted by Crippen LogP contribution is -2.22. The highest BCUT2D eigenvalue weighted by atomic mass is 31.2. The number of benzene rings is 4. The van der Waals surface area contributed by atoms with Crippen LogP contribution < -0.4 is 10.6 Å². The molecule has 0 bridgehead atoms. The average molecular weight is 412 g/mol. The van der Waals surface area contributed by atoms with Crippen LogP contribution in [0.2, 0.25) is 0 Å². The van der Waals surface area contributed by atoms with Gasteiger partial charge in [-0.1, -0.05) is 110 Å². The monoisotopic (exact) mass is 412 g/mol. The molecule has 0 fully saturated rings. The van der Waals surface area contributed by atoms with Gasteiger partial charge in [0.1, 0.15) is 5.82 Å². The van der Waals surface area contributed by atoms with E-state index in [1.165, 1.54) is 12.1 Å². The van der Waals surface area contributed by atoms with E-state index < -0.39 is 12.8 Å². The Hall–Kier alpha value is -3.22. The van der Waals surface area contributed by atoms with E-state index in [0.717, 1.165) is 27.3 Å². The Labute approximate surface area is 176 Å². The van der Waals surface area contributed by atoms with E-state index in [4.69, 9.17) is 0 Å². The minimum Gasteiger partial charge on any atom is -0.313 e. The van der Waals surface area contributed by atoms with Crippen LogP contribution in [0.5, 0.6) is 0 Å². The largest absolute Gasteiger partial charge is 0.313 e. The SMILES string of the molecule is C=C(c1ccccc1)C(c1ccc(F)cc1)P(=O)(c1ccccc1)c1ccccc1. The third-order valence-corrected chi connectivity index (χ3v) is 8.77. The molecule has 1 nitrogen and oxygen atoms in total. The van der Waals surface area contributed by atoms with Crippen LogP contribution >= 0.6 is 7.14 Å². The molecule has 0 saturated heterocycles. The van der Waals surface area contributed by atoms with Crippen LogP contribution in [0.15, 0.2) is 122 Å². The fourth-order valence-corrected chi connectivity index (χ4v) is 7.14. The Morgan fingerprint density at radius 2 is 1.10 bits per heavy atom. The second-order valence-electron chi connectivity index (χ2n) is 7.17. The lowest BCUT2D eigenvalue weighted by atomic mass is 9.99. The minimum atomic E-state index is -3.21. The molecule has 0 aromatic heterocycles. The van der Waals surface area contributed by atoms with Crippen molar-refractivity contribution in [2.45, 2.75) is 5.66 Å². The number of hydrogen-bond acceptors (Lipinski definition) is 1. The van der Waals surface area contributed by atoms with Crippen LogP contribution in [0.3, 0.4) is 0 Å². The van der Waals surface area contributed by atoms with Gasteiger partial charge in [0.15, 0.2) is 7.14 Å². The van der Waals surface area contributed by atoms with Gasteiger partial charge >= 0.3 is 0 Å². The third-order valence-electron chi connectivity index (χ3n) is 5.30. The van der Waals surface area contributed by atoms with Gasteiger partial charge in [-0.05, 0) is 28.8 Å². The zero-order chi connectivity index (χ0) is 21.0. The Morgan fingerprint density at radius 3 is 1.57 bits per heavy atom. The van der Waals surface area contributed by atoms with Crippen molar-refractivity contribution in [3.05, 3.63) is 139 Å². The predicted molar refractivity (Wildman–Crippen MR) is 124 cm³/mol. The first-order valence-corrected chi connectivity index (χ1v) is 11.6. The maximum absolute atomic E-state index is 15.1. The van der Waals surface area contributed by atoms with Crippen LogP contribution in [0.4, 0.5) is 4.39 Å². The van der Waals surface area contributed by atoms with Gasteiger partial charge in [0, 0.05) is 10.6 Å². The van der Waals surface area contributed by atoms with Gasteiger partial charge in [-0.15, -0.1) is 0 Å². The predicted octanol–water partition coefficient (Wildman–Crippen LogP) is 6.59. The fourth-order valence-electron chi connectivity index (χ4n) is 3.83. The summed E-state index contributed by atoms with van der Waals surface area (Å²) in [5.74, 6) is -0.322. The van der Waals surface area contributed by atoms with Crippen LogP contribution in [0.25, 0.3) is 5.57 Å². The summed E-state index contributed by atoms with van der Waals surface area (Å²) >= 11 is 0. The molecule has 0 N–H and O–H groups in total. The van der Waals surface area contributed by atoms with E-state index in [1.54, 1.807) is 12.1 Å². The molecule has 30 heavy (non-hydrogen) atoms. The molecule has 1 unspecified atom stereocenters. The zero-order valence-electron chi connectivity index (χ0n) is 16.5. The van der Waals surface area contributed by atoms with Crippen molar-refractivity contribution in [1.29, 1.82) is 0 Å². The molecular formula is C27H22FOP. The van der Waals surface area contributed by atoms with Gasteiger partial charge in [0.25, 0.3) is 0 Å². The molecule has 0 saturated carbocycles. The lowest BCUT2D eigenvalue weighted by molar-refractivity contribution is 0.584. The number of halogens is 1. The van der Waals surface area contributed by atoms with E-state index in [9.17, 15) is 4.39 Å².